The van der Waals surface area contributed by atoms with E-state index in [-0.39, 0.29) is 12.5 Å². The molecule has 0 aliphatic heterocycles. The summed E-state index contributed by atoms with van der Waals surface area (Å²) in [5.74, 6) is 0.567. The minimum atomic E-state index is -0.00704. The zero-order chi connectivity index (χ0) is 11.1. The molecule has 0 saturated carbocycles. The van der Waals surface area contributed by atoms with Gasteiger partial charge in [-0.05, 0) is 5.92 Å². The molecule has 0 radical (unpaired) electrons. The summed E-state index contributed by atoms with van der Waals surface area (Å²) in [4.78, 5) is 11.4. The molecule has 0 spiro atoms. The van der Waals surface area contributed by atoms with Crippen LogP contribution in [0.1, 0.15) is 26.7 Å². The quantitative estimate of drug-likeness (QED) is 0.756. The van der Waals surface area contributed by atoms with E-state index in [1.165, 1.54) is 4.68 Å². The van der Waals surface area contributed by atoms with Gasteiger partial charge in [0.1, 0.15) is 6.54 Å². The molecule has 1 heterocycles. The molecule has 84 valence electrons. The molecule has 0 aromatic carbocycles. The number of hydrogen-bond donors (Lipinski definition) is 1. The highest BCUT2D eigenvalue weighted by Crippen LogP contribution is 2.04. The number of amides is 1. The molecular formula is C10H18N4O. The van der Waals surface area contributed by atoms with Crippen molar-refractivity contribution < 1.29 is 4.79 Å². The average Bonchev–Trinajstić information content (AvgIpc) is 2.72. The van der Waals surface area contributed by atoms with E-state index in [0.717, 1.165) is 19.4 Å². The Bertz CT molecular complexity index is 280. The number of nitrogens with zero attached hydrogens (tertiary/aromatic N) is 3. The summed E-state index contributed by atoms with van der Waals surface area (Å²) in [5, 5.41) is 10.3. The predicted molar refractivity (Wildman–Crippen MR) is 57.1 cm³/mol. The lowest BCUT2D eigenvalue weighted by Crippen LogP contribution is -2.32. The van der Waals surface area contributed by atoms with Gasteiger partial charge in [0.25, 0.3) is 0 Å². The summed E-state index contributed by atoms with van der Waals surface area (Å²) >= 11 is 0. The predicted octanol–water partition coefficient (Wildman–Crippen LogP) is 0.830. The van der Waals surface area contributed by atoms with Crippen molar-refractivity contribution in [2.24, 2.45) is 5.92 Å². The number of hydrogen-bond acceptors (Lipinski definition) is 3. The highest BCUT2D eigenvalue weighted by molar-refractivity contribution is 5.75. The Kier molecular flexibility index (Phi) is 4.80. The smallest absolute Gasteiger partial charge is 0.241 e. The van der Waals surface area contributed by atoms with E-state index in [1.54, 1.807) is 12.4 Å². The summed E-state index contributed by atoms with van der Waals surface area (Å²) < 4.78 is 1.52. The van der Waals surface area contributed by atoms with Crippen molar-refractivity contribution in [2.45, 2.75) is 33.2 Å². The summed E-state index contributed by atoms with van der Waals surface area (Å²) in [7, 11) is 0. The molecule has 5 nitrogen and oxygen atoms in total. The van der Waals surface area contributed by atoms with E-state index in [0.29, 0.717) is 5.92 Å². The maximum absolute atomic E-state index is 11.4. The second-order valence-electron chi connectivity index (χ2n) is 3.59. The van der Waals surface area contributed by atoms with Crippen molar-refractivity contribution in [3.05, 3.63) is 12.4 Å². The van der Waals surface area contributed by atoms with Gasteiger partial charge in [-0.1, -0.05) is 31.9 Å². The largest absolute Gasteiger partial charge is 0.354 e. The molecule has 1 aromatic heterocycles. The molecule has 0 atom stereocenters. The van der Waals surface area contributed by atoms with Gasteiger partial charge < -0.3 is 5.32 Å². The number of carbonyl (C=O) groups is 1. The van der Waals surface area contributed by atoms with Crippen LogP contribution in [-0.4, -0.2) is 27.4 Å². The van der Waals surface area contributed by atoms with Crippen molar-refractivity contribution in [1.82, 2.24) is 20.3 Å². The highest BCUT2D eigenvalue weighted by atomic mass is 16.2. The lowest BCUT2D eigenvalue weighted by molar-refractivity contribution is -0.122. The molecule has 15 heavy (non-hydrogen) atoms. The summed E-state index contributed by atoms with van der Waals surface area (Å²) in [6.07, 6.45) is 5.44. The van der Waals surface area contributed by atoms with Crippen LogP contribution in [0.3, 0.4) is 0 Å². The fourth-order valence-electron chi connectivity index (χ4n) is 1.36. The van der Waals surface area contributed by atoms with E-state index in [4.69, 9.17) is 0 Å². The monoisotopic (exact) mass is 210 g/mol. The van der Waals surface area contributed by atoms with Crippen LogP contribution in [0.15, 0.2) is 12.4 Å². The molecule has 5 heteroatoms. The molecule has 0 saturated heterocycles. The first-order chi connectivity index (χ1) is 7.26. The van der Waals surface area contributed by atoms with Gasteiger partial charge in [-0.2, -0.15) is 0 Å². The SMILES string of the molecule is CCC(CC)CNC(=O)Cn1ccnn1. The number of aromatic nitrogens is 3. The van der Waals surface area contributed by atoms with E-state index < -0.39 is 0 Å². The topological polar surface area (TPSA) is 59.8 Å². The minimum absolute atomic E-state index is 0.00704. The summed E-state index contributed by atoms with van der Waals surface area (Å²) in [6.45, 7) is 5.27. The second-order valence-corrected chi connectivity index (χ2v) is 3.59. The maximum atomic E-state index is 11.4. The van der Waals surface area contributed by atoms with Crippen molar-refractivity contribution in [3.63, 3.8) is 0 Å². The van der Waals surface area contributed by atoms with Gasteiger partial charge in [-0.25, -0.2) is 4.68 Å². The summed E-state index contributed by atoms with van der Waals surface area (Å²) in [5.41, 5.74) is 0. The Morgan fingerprint density at radius 1 is 1.47 bits per heavy atom. The molecule has 0 aliphatic carbocycles. The van der Waals surface area contributed by atoms with Crippen LogP contribution in [0.2, 0.25) is 0 Å². The zero-order valence-corrected chi connectivity index (χ0v) is 9.31. The second kappa shape index (κ2) is 6.16. The highest BCUT2D eigenvalue weighted by Gasteiger charge is 2.06. The van der Waals surface area contributed by atoms with Crippen LogP contribution in [0.5, 0.6) is 0 Å². The van der Waals surface area contributed by atoms with Gasteiger partial charge in [0.15, 0.2) is 0 Å². The standard InChI is InChI=1S/C10H18N4O/c1-3-9(4-2)7-11-10(15)8-14-6-5-12-13-14/h5-6,9H,3-4,7-8H2,1-2H3,(H,11,15). The van der Waals surface area contributed by atoms with Crippen LogP contribution in [0.4, 0.5) is 0 Å². The van der Waals surface area contributed by atoms with Crippen LogP contribution < -0.4 is 5.32 Å². The lowest BCUT2D eigenvalue weighted by Gasteiger charge is -2.12. The molecule has 0 fully saturated rings. The third kappa shape index (κ3) is 4.10. The molecule has 1 amide bonds. The molecule has 1 aromatic rings. The van der Waals surface area contributed by atoms with Crippen LogP contribution in [0, 0.1) is 5.92 Å². The molecular weight excluding hydrogens is 192 g/mol. The Balaban J connectivity index is 2.24. The van der Waals surface area contributed by atoms with Gasteiger partial charge in [-0.15, -0.1) is 5.10 Å². The summed E-state index contributed by atoms with van der Waals surface area (Å²) in [6, 6.07) is 0. The van der Waals surface area contributed by atoms with Crippen LogP contribution in [0.25, 0.3) is 0 Å². The van der Waals surface area contributed by atoms with Crippen molar-refractivity contribution in [2.75, 3.05) is 6.54 Å². The van der Waals surface area contributed by atoms with Gasteiger partial charge in [0, 0.05) is 12.7 Å². The number of rotatable bonds is 6. The maximum Gasteiger partial charge on any atom is 0.241 e. The zero-order valence-electron chi connectivity index (χ0n) is 9.31. The first-order valence-electron chi connectivity index (χ1n) is 5.37. The van der Waals surface area contributed by atoms with Crippen molar-refractivity contribution in [1.29, 1.82) is 0 Å². The van der Waals surface area contributed by atoms with E-state index in [2.05, 4.69) is 29.5 Å². The third-order valence-corrected chi connectivity index (χ3v) is 2.52. The van der Waals surface area contributed by atoms with Crippen molar-refractivity contribution in [3.8, 4) is 0 Å². The Labute approximate surface area is 89.9 Å². The molecule has 0 bridgehead atoms. The lowest BCUT2D eigenvalue weighted by atomic mass is 10.0. The molecule has 0 aliphatic rings. The molecule has 1 N–H and O–H groups in total. The van der Waals surface area contributed by atoms with Gasteiger partial charge in [-0.3, -0.25) is 4.79 Å². The first kappa shape index (κ1) is 11.7. The van der Waals surface area contributed by atoms with Crippen molar-refractivity contribution >= 4 is 5.91 Å². The van der Waals surface area contributed by atoms with Gasteiger partial charge >= 0.3 is 0 Å². The number of nitrogens with one attached hydrogen (secondary N) is 1. The Morgan fingerprint density at radius 2 is 2.20 bits per heavy atom. The first-order valence-corrected chi connectivity index (χ1v) is 5.37. The van der Waals surface area contributed by atoms with Gasteiger partial charge in [0.2, 0.25) is 5.91 Å². The molecule has 0 unspecified atom stereocenters. The van der Waals surface area contributed by atoms with Crippen LogP contribution in [-0.2, 0) is 11.3 Å². The Morgan fingerprint density at radius 3 is 2.73 bits per heavy atom. The number of carbonyl (C=O) groups excluding carboxylic acids is 1. The fraction of sp³-hybridized carbons (Fsp3) is 0.700. The van der Waals surface area contributed by atoms with Crippen LogP contribution >= 0.6 is 0 Å². The van der Waals surface area contributed by atoms with E-state index in [1.807, 2.05) is 0 Å². The van der Waals surface area contributed by atoms with Gasteiger partial charge in [0.05, 0.1) is 6.20 Å². The average molecular weight is 210 g/mol. The third-order valence-electron chi connectivity index (χ3n) is 2.52. The fourth-order valence-corrected chi connectivity index (χ4v) is 1.36. The Hall–Kier alpha value is -1.39. The van der Waals surface area contributed by atoms with E-state index >= 15 is 0 Å². The van der Waals surface area contributed by atoms with E-state index in [9.17, 15) is 4.79 Å². The molecule has 1 rings (SSSR count). The normalized spacial score (nSPS) is 10.6. The minimum Gasteiger partial charge on any atom is -0.354 e.